The minimum atomic E-state index is 0.666. The first kappa shape index (κ1) is 15.4. The first-order chi connectivity index (χ1) is 9.72. The van der Waals surface area contributed by atoms with Gasteiger partial charge in [0.25, 0.3) is 0 Å². The molecular weight excluding hydrogens is 248 g/mol. The second-order valence-electron chi connectivity index (χ2n) is 5.72. The molecule has 1 aromatic rings. The lowest BCUT2D eigenvalue weighted by Gasteiger charge is -2.39. The van der Waals surface area contributed by atoms with Crippen molar-refractivity contribution in [2.45, 2.75) is 39.3 Å². The van der Waals surface area contributed by atoms with Crippen molar-refractivity contribution in [1.29, 1.82) is 0 Å². The van der Waals surface area contributed by atoms with Crippen LogP contribution in [0, 0.1) is 6.92 Å². The highest BCUT2D eigenvalue weighted by Crippen LogP contribution is 2.13. The van der Waals surface area contributed by atoms with E-state index in [9.17, 15) is 0 Å². The number of pyridine rings is 1. The highest BCUT2D eigenvalue weighted by atomic mass is 15.3. The number of aromatic nitrogens is 1. The van der Waals surface area contributed by atoms with E-state index in [1.165, 1.54) is 12.1 Å². The van der Waals surface area contributed by atoms with Gasteiger partial charge in [0.05, 0.1) is 5.69 Å². The first-order valence-corrected chi connectivity index (χ1v) is 7.82. The molecule has 2 rings (SSSR count). The van der Waals surface area contributed by atoms with Crippen molar-refractivity contribution >= 4 is 0 Å². The molecule has 0 saturated carbocycles. The maximum atomic E-state index is 5.71. The second-order valence-corrected chi connectivity index (χ2v) is 5.72. The van der Waals surface area contributed by atoms with Crippen LogP contribution in [0.2, 0.25) is 0 Å². The molecule has 2 N–H and O–H groups in total. The van der Waals surface area contributed by atoms with E-state index in [2.05, 4.69) is 46.8 Å². The Hall–Kier alpha value is -0.970. The van der Waals surface area contributed by atoms with Crippen LogP contribution in [0.3, 0.4) is 0 Å². The summed E-state index contributed by atoms with van der Waals surface area (Å²) in [6.07, 6.45) is 2.33. The zero-order valence-electron chi connectivity index (χ0n) is 12.9. The molecule has 1 aliphatic heterocycles. The van der Waals surface area contributed by atoms with Crippen LogP contribution in [0.4, 0.5) is 0 Å². The van der Waals surface area contributed by atoms with Gasteiger partial charge in [-0.2, -0.15) is 0 Å². The predicted molar refractivity (Wildman–Crippen MR) is 83.6 cm³/mol. The normalized spacial score (nSPS) is 19.1. The van der Waals surface area contributed by atoms with Gasteiger partial charge in [-0.3, -0.25) is 14.8 Å². The van der Waals surface area contributed by atoms with E-state index in [1.807, 2.05) is 0 Å². The molecule has 1 fully saturated rings. The number of hydrogen-bond acceptors (Lipinski definition) is 4. The van der Waals surface area contributed by atoms with Crippen LogP contribution in [-0.4, -0.2) is 53.5 Å². The predicted octanol–water partition coefficient (Wildman–Crippen LogP) is 1.64. The van der Waals surface area contributed by atoms with E-state index < -0.39 is 0 Å². The van der Waals surface area contributed by atoms with Crippen molar-refractivity contribution in [3.05, 3.63) is 29.6 Å². The van der Waals surface area contributed by atoms with Crippen molar-refractivity contribution in [2.75, 3.05) is 32.7 Å². The zero-order valence-corrected chi connectivity index (χ0v) is 12.9. The highest BCUT2D eigenvalue weighted by Gasteiger charge is 2.22. The standard InChI is InChI=1S/C16H28N4/c1-3-16(7-8-17)20-11-9-19(10-12-20)13-15-6-4-5-14(2)18-15/h4-6,16H,3,7-13,17H2,1-2H3. The van der Waals surface area contributed by atoms with Crippen molar-refractivity contribution in [3.8, 4) is 0 Å². The molecule has 112 valence electrons. The Kier molecular flexibility index (Phi) is 5.95. The number of piperazine rings is 1. The Bertz CT molecular complexity index is 399. The Morgan fingerprint density at radius 1 is 1.25 bits per heavy atom. The van der Waals surface area contributed by atoms with Crippen LogP contribution in [0.15, 0.2) is 18.2 Å². The molecule has 0 radical (unpaired) electrons. The molecule has 0 spiro atoms. The van der Waals surface area contributed by atoms with Crippen molar-refractivity contribution in [1.82, 2.24) is 14.8 Å². The van der Waals surface area contributed by atoms with Crippen LogP contribution in [-0.2, 0) is 6.54 Å². The lowest BCUT2D eigenvalue weighted by atomic mass is 10.1. The monoisotopic (exact) mass is 276 g/mol. The molecule has 20 heavy (non-hydrogen) atoms. The summed E-state index contributed by atoms with van der Waals surface area (Å²) in [6, 6.07) is 6.95. The van der Waals surface area contributed by atoms with Gasteiger partial charge in [0.15, 0.2) is 0 Å². The topological polar surface area (TPSA) is 45.4 Å². The Morgan fingerprint density at radius 3 is 2.60 bits per heavy atom. The molecular formula is C16H28N4. The quantitative estimate of drug-likeness (QED) is 0.858. The summed E-state index contributed by atoms with van der Waals surface area (Å²) in [4.78, 5) is 9.71. The molecule has 1 unspecified atom stereocenters. The first-order valence-electron chi connectivity index (χ1n) is 7.82. The lowest BCUT2D eigenvalue weighted by molar-refractivity contribution is 0.0864. The molecule has 4 heteroatoms. The van der Waals surface area contributed by atoms with Crippen LogP contribution in [0.25, 0.3) is 0 Å². The average molecular weight is 276 g/mol. The smallest absolute Gasteiger partial charge is 0.0547 e. The third-order valence-electron chi connectivity index (χ3n) is 4.23. The minimum absolute atomic E-state index is 0.666. The Morgan fingerprint density at radius 2 is 2.00 bits per heavy atom. The summed E-state index contributed by atoms with van der Waals surface area (Å²) in [5.74, 6) is 0. The van der Waals surface area contributed by atoms with Crippen LogP contribution in [0.1, 0.15) is 31.2 Å². The molecule has 1 aromatic heterocycles. The van der Waals surface area contributed by atoms with Crippen molar-refractivity contribution in [3.63, 3.8) is 0 Å². The number of nitrogens with two attached hydrogens (primary N) is 1. The third kappa shape index (κ3) is 4.27. The van der Waals surface area contributed by atoms with E-state index in [0.717, 1.165) is 51.4 Å². The molecule has 1 atom stereocenters. The number of nitrogens with zero attached hydrogens (tertiary/aromatic N) is 3. The summed E-state index contributed by atoms with van der Waals surface area (Å²) in [5, 5.41) is 0. The van der Waals surface area contributed by atoms with Gasteiger partial charge in [-0.15, -0.1) is 0 Å². The summed E-state index contributed by atoms with van der Waals surface area (Å²) in [7, 11) is 0. The maximum absolute atomic E-state index is 5.71. The largest absolute Gasteiger partial charge is 0.330 e. The van der Waals surface area contributed by atoms with E-state index in [0.29, 0.717) is 6.04 Å². The molecule has 1 saturated heterocycles. The van der Waals surface area contributed by atoms with Gasteiger partial charge in [0.2, 0.25) is 0 Å². The van der Waals surface area contributed by atoms with Crippen molar-refractivity contribution in [2.24, 2.45) is 5.73 Å². The number of rotatable bonds is 6. The molecule has 0 bridgehead atoms. The molecule has 4 nitrogen and oxygen atoms in total. The molecule has 2 heterocycles. The average Bonchev–Trinajstić information content (AvgIpc) is 2.46. The minimum Gasteiger partial charge on any atom is -0.330 e. The van der Waals surface area contributed by atoms with Gasteiger partial charge in [0, 0.05) is 44.5 Å². The number of hydrogen-bond donors (Lipinski definition) is 1. The summed E-state index contributed by atoms with van der Waals surface area (Å²) >= 11 is 0. The Balaban J connectivity index is 1.82. The van der Waals surface area contributed by atoms with Crippen molar-refractivity contribution < 1.29 is 0 Å². The molecule has 0 amide bonds. The summed E-state index contributed by atoms with van der Waals surface area (Å²) in [5.41, 5.74) is 8.00. The number of aryl methyl sites for hydroxylation is 1. The summed E-state index contributed by atoms with van der Waals surface area (Å²) < 4.78 is 0. The van der Waals surface area contributed by atoms with Crippen LogP contribution >= 0.6 is 0 Å². The fourth-order valence-corrected chi connectivity index (χ4v) is 3.04. The molecule has 0 aromatic carbocycles. The molecule has 0 aliphatic carbocycles. The third-order valence-corrected chi connectivity index (χ3v) is 4.23. The SMILES string of the molecule is CCC(CCN)N1CCN(Cc2cccc(C)n2)CC1. The van der Waals surface area contributed by atoms with Crippen LogP contribution < -0.4 is 5.73 Å². The van der Waals surface area contributed by atoms with Gasteiger partial charge in [0.1, 0.15) is 0 Å². The van der Waals surface area contributed by atoms with Gasteiger partial charge in [-0.1, -0.05) is 13.0 Å². The zero-order chi connectivity index (χ0) is 14.4. The van der Waals surface area contributed by atoms with E-state index in [-0.39, 0.29) is 0 Å². The van der Waals surface area contributed by atoms with Gasteiger partial charge in [-0.05, 0) is 38.4 Å². The van der Waals surface area contributed by atoms with Gasteiger partial charge in [-0.25, -0.2) is 0 Å². The van der Waals surface area contributed by atoms with E-state index >= 15 is 0 Å². The van der Waals surface area contributed by atoms with Crippen LogP contribution in [0.5, 0.6) is 0 Å². The maximum Gasteiger partial charge on any atom is 0.0547 e. The van der Waals surface area contributed by atoms with Gasteiger partial charge >= 0.3 is 0 Å². The van der Waals surface area contributed by atoms with E-state index in [4.69, 9.17) is 5.73 Å². The fraction of sp³-hybridized carbons (Fsp3) is 0.688. The fourth-order valence-electron chi connectivity index (χ4n) is 3.04. The Labute approximate surface area is 123 Å². The molecule has 1 aliphatic rings. The highest BCUT2D eigenvalue weighted by molar-refractivity contribution is 5.09. The second kappa shape index (κ2) is 7.72. The van der Waals surface area contributed by atoms with E-state index in [1.54, 1.807) is 0 Å². The summed E-state index contributed by atoms with van der Waals surface area (Å²) in [6.45, 7) is 10.7. The van der Waals surface area contributed by atoms with Gasteiger partial charge < -0.3 is 5.73 Å². The lowest BCUT2D eigenvalue weighted by Crippen LogP contribution is -2.50.